The van der Waals surface area contributed by atoms with E-state index in [1.165, 1.54) is 10.8 Å². The molecule has 2 nitrogen and oxygen atoms in total. The lowest BCUT2D eigenvalue weighted by Crippen LogP contribution is -1.93. The van der Waals surface area contributed by atoms with Crippen molar-refractivity contribution in [3.05, 3.63) is 95.5 Å². The standard InChI is InChI=1S/C26H15BrN2/c27-18-11-14-22-20(15-18)26(24-13-10-17-6-2-4-8-21(17)28-24)25-19-7-3-1-5-16(19)9-12-23(25)29-22/h1-15H. The Morgan fingerprint density at radius 3 is 2.24 bits per heavy atom. The summed E-state index contributed by atoms with van der Waals surface area (Å²) in [5.74, 6) is 0. The topological polar surface area (TPSA) is 25.8 Å². The quantitative estimate of drug-likeness (QED) is 0.197. The second-order valence-electron chi connectivity index (χ2n) is 7.22. The number of rotatable bonds is 1. The maximum absolute atomic E-state index is 5.04. The van der Waals surface area contributed by atoms with Gasteiger partial charge in [0.2, 0.25) is 0 Å². The van der Waals surface area contributed by atoms with Crippen LogP contribution in [0.5, 0.6) is 0 Å². The van der Waals surface area contributed by atoms with Crippen molar-refractivity contribution in [2.24, 2.45) is 0 Å². The number of aromatic nitrogens is 2. The highest BCUT2D eigenvalue weighted by atomic mass is 79.9. The van der Waals surface area contributed by atoms with Crippen molar-refractivity contribution in [1.82, 2.24) is 9.97 Å². The van der Waals surface area contributed by atoms with Crippen LogP contribution in [0.4, 0.5) is 0 Å². The molecule has 0 unspecified atom stereocenters. The lowest BCUT2D eigenvalue weighted by Gasteiger charge is -2.14. The molecular weight excluding hydrogens is 420 g/mol. The largest absolute Gasteiger partial charge is 0.248 e. The second-order valence-corrected chi connectivity index (χ2v) is 8.13. The van der Waals surface area contributed by atoms with Gasteiger partial charge in [-0.1, -0.05) is 70.5 Å². The predicted octanol–water partition coefficient (Wildman–Crippen LogP) is 7.52. The molecule has 0 bridgehead atoms. The van der Waals surface area contributed by atoms with Crippen molar-refractivity contribution in [3.63, 3.8) is 0 Å². The van der Waals surface area contributed by atoms with Gasteiger partial charge in [-0.05, 0) is 47.2 Å². The van der Waals surface area contributed by atoms with Crippen molar-refractivity contribution < 1.29 is 0 Å². The fourth-order valence-electron chi connectivity index (χ4n) is 4.16. The summed E-state index contributed by atoms with van der Waals surface area (Å²) in [5.41, 5.74) is 5.06. The first-order valence-corrected chi connectivity index (χ1v) is 10.3. The second kappa shape index (κ2) is 6.36. The van der Waals surface area contributed by atoms with E-state index in [0.717, 1.165) is 48.4 Å². The van der Waals surface area contributed by atoms with Crippen molar-refractivity contribution in [3.8, 4) is 11.3 Å². The first-order valence-electron chi connectivity index (χ1n) is 9.55. The van der Waals surface area contributed by atoms with E-state index in [-0.39, 0.29) is 0 Å². The summed E-state index contributed by atoms with van der Waals surface area (Å²) in [6.07, 6.45) is 0. The highest BCUT2D eigenvalue weighted by Crippen LogP contribution is 2.39. The fourth-order valence-corrected chi connectivity index (χ4v) is 4.52. The van der Waals surface area contributed by atoms with Gasteiger partial charge in [0.1, 0.15) is 0 Å². The molecule has 136 valence electrons. The van der Waals surface area contributed by atoms with Gasteiger partial charge in [0.25, 0.3) is 0 Å². The third kappa shape index (κ3) is 2.62. The molecule has 2 aromatic heterocycles. The Bertz CT molecular complexity index is 1570. The first-order chi connectivity index (χ1) is 14.3. The summed E-state index contributed by atoms with van der Waals surface area (Å²) >= 11 is 3.64. The number of fused-ring (bicyclic) bond motifs is 5. The first kappa shape index (κ1) is 16.6. The van der Waals surface area contributed by atoms with E-state index in [2.05, 4.69) is 88.7 Å². The summed E-state index contributed by atoms with van der Waals surface area (Å²) in [7, 11) is 0. The zero-order valence-corrected chi connectivity index (χ0v) is 17.0. The Kier molecular flexibility index (Phi) is 3.65. The number of para-hydroxylation sites is 1. The molecule has 0 saturated carbocycles. The van der Waals surface area contributed by atoms with Crippen LogP contribution in [-0.4, -0.2) is 9.97 Å². The molecule has 0 spiro atoms. The average molecular weight is 435 g/mol. The molecular formula is C26H15BrN2. The molecule has 0 saturated heterocycles. The highest BCUT2D eigenvalue weighted by Gasteiger charge is 2.15. The SMILES string of the molecule is Brc1ccc2nc3ccc4ccccc4c3c(-c3ccc4ccccc4n3)c2c1. The third-order valence-corrected chi connectivity index (χ3v) is 5.97. The Hall–Kier alpha value is -3.30. The minimum Gasteiger partial charge on any atom is -0.248 e. The zero-order chi connectivity index (χ0) is 19.4. The van der Waals surface area contributed by atoms with Crippen LogP contribution in [0.1, 0.15) is 0 Å². The molecule has 4 aromatic carbocycles. The minimum absolute atomic E-state index is 0.968. The van der Waals surface area contributed by atoms with E-state index >= 15 is 0 Å². The molecule has 6 aromatic rings. The lowest BCUT2D eigenvalue weighted by atomic mass is 9.95. The lowest BCUT2D eigenvalue weighted by molar-refractivity contribution is 1.41. The Morgan fingerprint density at radius 2 is 1.31 bits per heavy atom. The maximum atomic E-state index is 5.04. The van der Waals surface area contributed by atoms with Crippen LogP contribution in [-0.2, 0) is 0 Å². The van der Waals surface area contributed by atoms with Gasteiger partial charge in [-0.2, -0.15) is 0 Å². The Balaban J connectivity index is 1.86. The van der Waals surface area contributed by atoms with Crippen LogP contribution in [0.25, 0.3) is 54.7 Å². The van der Waals surface area contributed by atoms with E-state index < -0.39 is 0 Å². The summed E-state index contributed by atoms with van der Waals surface area (Å²) in [6.45, 7) is 0. The molecule has 2 heterocycles. The molecule has 0 aliphatic heterocycles. The maximum Gasteiger partial charge on any atom is 0.0723 e. The molecule has 0 N–H and O–H groups in total. The van der Waals surface area contributed by atoms with Crippen molar-refractivity contribution in [1.29, 1.82) is 0 Å². The van der Waals surface area contributed by atoms with Crippen molar-refractivity contribution in [2.45, 2.75) is 0 Å². The van der Waals surface area contributed by atoms with E-state index in [9.17, 15) is 0 Å². The van der Waals surface area contributed by atoms with E-state index in [1.807, 2.05) is 18.2 Å². The normalized spacial score (nSPS) is 11.6. The number of hydrogen-bond acceptors (Lipinski definition) is 2. The molecule has 6 rings (SSSR count). The van der Waals surface area contributed by atoms with Gasteiger partial charge in [-0.15, -0.1) is 0 Å². The van der Waals surface area contributed by atoms with Gasteiger partial charge in [0, 0.05) is 26.2 Å². The monoisotopic (exact) mass is 434 g/mol. The smallest absolute Gasteiger partial charge is 0.0723 e. The average Bonchev–Trinajstić information content (AvgIpc) is 2.77. The number of hydrogen-bond donors (Lipinski definition) is 0. The summed E-state index contributed by atoms with van der Waals surface area (Å²) in [5, 5.41) is 5.80. The number of benzene rings is 4. The van der Waals surface area contributed by atoms with E-state index in [1.54, 1.807) is 0 Å². The molecule has 0 atom stereocenters. The molecule has 0 amide bonds. The van der Waals surface area contributed by atoms with Gasteiger partial charge >= 0.3 is 0 Å². The van der Waals surface area contributed by atoms with E-state index in [0.29, 0.717) is 0 Å². The molecule has 3 heteroatoms. The van der Waals surface area contributed by atoms with Crippen LogP contribution < -0.4 is 0 Å². The minimum atomic E-state index is 0.968. The molecule has 0 radical (unpaired) electrons. The van der Waals surface area contributed by atoms with Gasteiger partial charge in [-0.25, -0.2) is 9.97 Å². The highest BCUT2D eigenvalue weighted by molar-refractivity contribution is 9.10. The Labute approximate surface area is 176 Å². The molecule has 0 fully saturated rings. The fraction of sp³-hybridized carbons (Fsp3) is 0. The van der Waals surface area contributed by atoms with Crippen molar-refractivity contribution >= 4 is 59.4 Å². The van der Waals surface area contributed by atoms with Gasteiger partial charge in [-0.3, -0.25) is 0 Å². The van der Waals surface area contributed by atoms with Crippen LogP contribution in [0.2, 0.25) is 0 Å². The molecule has 29 heavy (non-hydrogen) atoms. The summed E-state index contributed by atoms with van der Waals surface area (Å²) in [6, 6.07) is 31.5. The number of nitrogens with zero attached hydrogens (tertiary/aromatic N) is 2. The molecule has 0 aliphatic rings. The third-order valence-electron chi connectivity index (χ3n) is 5.48. The van der Waals surface area contributed by atoms with Crippen LogP contribution in [0, 0.1) is 0 Å². The van der Waals surface area contributed by atoms with Gasteiger partial charge in [0.15, 0.2) is 0 Å². The zero-order valence-electron chi connectivity index (χ0n) is 15.4. The summed E-state index contributed by atoms with van der Waals surface area (Å²) in [4.78, 5) is 10.0. The van der Waals surface area contributed by atoms with Crippen molar-refractivity contribution in [2.75, 3.05) is 0 Å². The Morgan fingerprint density at radius 1 is 0.552 bits per heavy atom. The number of pyridine rings is 2. The van der Waals surface area contributed by atoms with Gasteiger partial charge in [0.05, 0.1) is 22.2 Å². The van der Waals surface area contributed by atoms with Crippen LogP contribution in [0.15, 0.2) is 95.5 Å². The van der Waals surface area contributed by atoms with E-state index in [4.69, 9.17) is 9.97 Å². The summed E-state index contributed by atoms with van der Waals surface area (Å²) < 4.78 is 1.04. The molecule has 0 aliphatic carbocycles. The number of halogens is 1. The van der Waals surface area contributed by atoms with Gasteiger partial charge < -0.3 is 0 Å². The predicted molar refractivity (Wildman–Crippen MR) is 125 cm³/mol. The van der Waals surface area contributed by atoms with Crippen LogP contribution >= 0.6 is 15.9 Å². The van der Waals surface area contributed by atoms with Crippen LogP contribution in [0.3, 0.4) is 0 Å².